The fourth-order valence-corrected chi connectivity index (χ4v) is 1.67. The molecule has 0 unspecified atom stereocenters. The maximum absolute atomic E-state index is 8.83. The summed E-state index contributed by atoms with van der Waals surface area (Å²) in [6, 6.07) is 4.21. The van der Waals surface area contributed by atoms with E-state index < -0.39 is 0 Å². The minimum atomic E-state index is -0.0262. The van der Waals surface area contributed by atoms with Gasteiger partial charge >= 0.3 is 0 Å². The second-order valence-corrected chi connectivity index (χ2v) is 4.44. The highest BCUT2D eigenvalue weighted by molar-refractivity contribution is 5.06. The number of nitrogens with one attached hydrogen (secondary N) is 1. The van der Waals surface area contributed by atoms with Gasteiger partial charge in [-0.15, -0.1) is 0 Å². The van der Waals surface area contributed by atoms with Gasteiger partial charge in [0.25, 0.3) is 0 Å². The first-order valence-electron chi connectivity index (χ1n) is 5.53. The van der Waals surface area contributed by atoms with E-state index in [2.05, 4.69) is 26.1 Å². The summed E-state index contributed by atoms with van der Waals surface area (Å²) in [5.41, 5.74) is 0. The van der Waals surface area contributed by atoms with Crippen molar-refractivity contribution in [2.75, 3.05) is 0 Å². The Morgan fingerprint density at radius 2 is 1.93 bits per heavy atom. The summed E-state index contributed by atoms with van der Waals surface area (Å²) in [4.78, 5) is 0. The van der Waals surface area contributed by atoms with Crippen molar-refractivity contribution in [1.82, 2.24) is 5.32 Å². The molecule has 1 rings (SSSR count). The van der Waals surface area contributed by atoms with Gasteiger partial charge in [-0.25, -0.2) is 0 Å². The smallest absolute Gasteiger partial charge is 0.129 e. The second-order valence-electron chi connectivity index (χ2n) is 4.44. The Kier molecular flexibility index (Phi) is 4.85. The Morgan fingerprint density at radius 3 is 2.47 bits per heavy atom. The zero-order chi connectivity index (χ0) is 11.3. The standard InChI is InChI=1S/C12H21NO2/c1-9(2)6-10(3)13-7-11-4-5-12(8-14)15-11/h4-5,9-10,13-14H,6-8H2,1-3H3/t10-/m0/s1. The van der Waals surface area contributed by atoms with Crippen molar-refractivity contribution < 1.29 is 9.52 Å². The molecule has 1 heterocycles. The van der Waals surface area contributed by atoms with E-state index in [4.69, 9.17) is 9.52 Å². The van der Waals surface area contributed by atoms with Crippen LogP contribution in [-0.4, -0.2) is 11.1 Å². The predicted molar refractivity (Wildman–Crippen MR) is 60.4 cm³/mol. The predicted octanol–water partition coefficient (Wildman–Crippen LogP) is 2.30. The maximum atomic E-state index is 8.83. The monoisotopic (exact) mass is 211 g/mol. The van der Waals surface area contributed by atoms with E-state index in [0.29, 0.717) is 17.7 Å². The van der Waals surface area contributed by atoms with Crippen LogP contribution < -0.4 is 5.32 Å². The third kappa shape index (κ3) is 4.49. The minimum Gasteiger partial charge on any atom is -0.462 e. The van der Waals surface area contributed by atoms with Gasteiger partial charge in [-0.3, -0.25) is 0 Å². The highest BCUT2D eigenvalue weighted by Crippen LogP contribution is 2.09. The molecule has 0 amide bonds. The van der Waals surface area contributed by atoms with Crippen LogP contribution in [-0.2, 0) is 13.2 Å². The van der Waals surface area contributed by atoms with Crippen LogP contribution in [0.3, 0.4) is 0 Å². The molecular weight excluding hydrogens is 190 g/mol. The number of furan rings is 1. The Balaban J connectivity index is 2.30. The Hall–Kier alpha value is -0.800. The largest absolute Gasteiger partial charge is 0.462 e. The van der Waals surface area contributed by atoms with Crippen molar-refractivity contribution >= 4 is 0 Å². The van der Waals surface area contributed by atoms with Gasteiger partial charge in [0.05, 0.1) is 6.54 Å². The maximum Gasteiger partial charge on any atom is 0.129 e. The molecule has 0 fully saturated rings. The highest BCUT2D eigenvalue weighted by atomic mass is 16.4. The first kappa shape index (κ1) is 12.3. The molecule has 0 bridgehead atoms. The summed E-state index contributed by atoms with van der Waals surface area (Å²) in [5, 5.41) is 12.2. The van der Waals surface area contributed by atoms with Crippen molar-refractivity contribution in [3.05, 3.63) is 23.7 Å². The van der Waals surface area contributed by atoms with Gasteiger partial charge in [-0.2, -0.15) is 0 Å². The van der Waals surface area contributed by atoms with Crippen LogP contribution in [0.5, 0.6) is 0 Å². The molecule has 0 aromatic carbocycles. The van der Waals surface area contributed by atoms with Crippen molar-refractivity contribution in [3.63, 3.8) is 0 Å². The Labute approximate surface area is 91.5 Å². The fraction of sp³-hybridized carbons (Fsp3) is 0.667. The quantitative estimate of drug-likeness (QED) is 0.759. The van der Waals surface area contributed by atoms with E-state index in [-0.39, 0.29) is 6.61 Å². The lowest BCUT2D eigenvalue weighted by molar-refractivity contribution is 0.242. The zero-order valence-corrected chi connectivity index (χ0v) is 9.79. The van der Waals surface area contributed by atoms with Crippen molar-refractivity contribution in [2.45, 2.75) is 46.4 Å². The van der Waals surface area contributed by atoms with E-state index >= 15 is 0 Å². The van der Waals surface area contributed by atoms with Crippen molar-refractivity contribution in [2.24, 2.45) is 5.92 Å². The van der Waals surface area contributed by atoms with Gasteiger partial charge in [0.2, 0.25) is 0 Å². The van der Waals surface area contributed by atoms with Gasteiger partial charge < -0.3 is 14.8 Å². The highest BCUT2D eigenvalue weighted by Gasteiger charge is 2.06. The number of hydrogen-bond donors (Lipinski definition) is 2. The number of aliphatic hydroxyl groups excluding tert-OH is 1. The molecule has 15 heavy (non-hydrogen) atoms. The van der Waals surface area contributed by atoms with Gasteiger partial charge in [0.15, 0.2) is 0 Å². The summed E-state index contributed by atoms with van der Waals surface area (Å²) in [7, 11) is 0. The number of hydrogen-bond acceptors (Lipinski definition) is 3. The third-order valence-corrected chi connectivity index (χ3v) is 2.32. The zero-order valence-electron chi connectivity index (χ0n) is 9.79. The molecule has 1 aromatic heterocycles. The van der Waals surface area contributed by atoms with Gasteiger partial charge in [0.1, 0.15) is 18.1 Å². The molecule has 0 saturated heterocycles. The summed E-state index contributed by atoms with van der Waals surface area (Å²) in [6.45, 7) is 7.31. The van der Waals surface area contributed by atoms with E-state index in [9.17, 15) is 0 Å². The van der Waals surface area contributed by atoms with Crippen LogP contribution in [0.4, 0.5) is 0 Å². The summed E-state index contributed by atoms with van der Waals surface area (Å²) in [6.07, 6.45) is 1.16. The van der Waals surface area contributed by atoms with Crippen LogP contribution in [0.2, 0.25) is 0 Å². The summed E-state index contributed by atoms with van der Waals surface area (Å²) < 4.78 is 5.38. The lowest BCUT2D eigenvalue weighted by Gasteiger charge is -2.14. The fourth-order valence-electron chi connectivity index (χ4n) is 1.67. The molecule has 3 heteroatoms. The van der Waals surface area contributed by atoms with Crippen LogP contribution in [0.25, 0.3) is 0 Å². The average molecular weight is 211 g/mol. The first-order valence-corrected chi connectivity index (χ1v) is 5.53. The third-order valence-electron chi connectivity index (χ3n) is 2.32. The molecule has 3 nitrogen and oxygen atoms in total. The molecular formula is C12H21NO2. The van der Waals surface area contributed by atoms with E-state index in [1.165, 1.54) is 0 Å². The molecule has 0 spiro atoms. The topological polar surface area (TPSA) is 45.4 Å². The normalized spacial score (nSPS) is 13.4. The molecule has 0 saturated carbocycles. The summed E-state index contributed by atoms with van der Waals surface area (Å²) in [5.74, 6) is 2.22. The van der Waals surface area contributed by atoms with Crippen molar-refractivity contribution in [1.29, 1.82) is 0 Å². The number of aliphatic hydroxyl groups is 1. The van der Waals surface area contributed by atoms with Crippen molar-refractivity contribution in [3.8, 4) is 0 Å². The summed E-state index contributed by atoms with van der Waals surface area (Å²) >= 11 is 0. The molecule has 0 aliphatic carbocycles. The van der Waals surface area contributed by atoms with Crippen LogP contribution in [0, 0.1) is 5.92 Å². The molecule has 1 aromatic rings. The molecule has 1 atom stereocenters. The lowest BCUT2D eigenvalue weighted by atomic mass is 10.1. The van der Waals surface area contributed by atoms with Crippen LogP contribution >= 0.6 is 0 Å². The number of rotatable bonds is 6. The molecule has 0 aliphatic rings. The van der Waals surface area contributed by atoms with E-state index in [1.54, 1.807) is 0 Å². The molecule has 86 valence electrons. The van der Waals surface area contributed by atoms with Crippen LogP contribution in [0.15, 0.2) is 16.5 Å². The van der Waals surface area contributed by atoms with E-state index in [1.807, 2.05) is 12.1 Å². The molecule has 0 radical (unpaired) electrons. The minimum absolute atomic E-state index is 0.0262. The van der Waals surface area contributed by atoms with Gasteiger partial charge in [-0.05, 0) is 31.4 Å². The SMILES string of the molecule is CC(C)C[C@H](C)NCc1ccc(CO)o1. The van der Waals surface area contributed by atoms with E-state index in [0.717, 1.165) is 18.7 Å². The van der Waals surface area contributed by atoms with Crippen LogP contribution in [0.1, 0.15) is 38.7 Å². The lowest BCUT2D eigenvalue weighted by Crippen LogP contribution is -2.26. The second kappa shape index (κ2) is 5.93. The van der Waals surface area contributed by atoms with Gasteiger partial charge in [-0.1, -0.05) is 13.8 Å². The van der Waals surface area contributed by atoms with Gasteiger partial charge in [0, 0.05) is 6.04 Å². The average Bonchev–Trinajstić information content (AvgIpc) is 2.61. The molecule has 2 N–H and O–H groups in total. The Morgan fingerprint density at radius 1 is 1.27 bits per heavy atom. The Bertz CT molecular complexity index is 281. The first-order chi connectivity index (χ1) is 7.11. The molecule has 0 aliphatic heterocycles.